The first kappa shape index (κ1) is 14.8. The van der Waals surface area contributed by atoms with E-state index in [-0.39, 0.29) is 4.90 Å². The molecule has 102 valence electrons. The topological polar surface area (TPSA) is 98.2 Å². The van der Waals surface area contributed by atoms with Crippen LogP contribution < -0.4 is 16.2 Å². The van der Waals surface area contributed by atoms with Gasteiger partial charge in [-0.05, 0) is 43.5 Å². The van der Waals surface area contributed by atoms with Gasteiger partial charge in [0.1, 0.15) is 0 Å². The normalized spacial score (nSPS) is 11.8. The molecule has 1 aromatic carbocycles. The molecule has 0 fully saturated rings. The van der Waals surface area contributed by atoms with Gasteiger partial charge in [-0.15, -0.1) is 0 Å². The van der Waals surface area contributed by atoms with E-state index in [4.69, 9.17) is 11.5 Å². The van der Waals surface area contributed by atoms with E-state index in [9.17, 15) is 8.42 Å². The van der Waals surface area contributed by atoms with Crippen LogP contribution in [-0.4, -0.2) is 15.5 Å². The van der Waals surface area contributed by atoms with Crippen molar-refractivity contribution in [3.63, 3.8) is 0 Å². The Balaban J connectivity index is 3.84. The van der Waals surface area contributed by atoms with Gasteiger partial charge < -0.3 is 11.5 Å². The minimum atomic E-state index is -3.55. The van der Waals surface area contributed by atoms with Crippen LogP contribution in [0.2, 0.25) is 0 Å². The van der Waals surface area contributed by atoms with E-state index < -0.39 is 10.0 Å². The number of nitrogen functional groups attached to an aromatic ring is 2. The zero-order valence-electron chi connectivity index (χ0n) is 11.3. The molecule has 0 saturated heterocycles. The van der Waals surface area contributed by atoms with E-state index in [0.29, 0.717) is 35.3 Å². The third kappa shape index (κ3) is 2.18. The molecule has 6 heteroatoms. The number of hydrogen-bond donors (Lipinski definition) is 3. The fourth-order valence-electron chi connectivity index (χ4n) is 2.22. The summed E-state index contributed by atoms with van der Waals surface area (Å²) < 4.78 is 26.5. The molecule has 0 amide bonds. The molecular weight excluding hydrogens is 250 g/mol. The molecule has 18 heavy (non-hydrogen) atoms. The second kappa shape index (κ2) is 5.16. The smallest absolute Gasteiger partial charge is 0.241 e. The summed E-state index contributed by atoms with van der Waals surface area (Å²) in [5.74, 6) is 0. The summed E-state index contributed by atoms with van der Waals surface area (Å²) in [6, 6.07) is 0. The minimum absolute atomic E-state index is 0.222. The predicted molar refractivity (Wildman–Crippen MR) is 75.0 cm³/mol. The van der Waals surface area contributed by atoms with Gasteiger partial charge in [0.2, 0.25) is 10.0 Å². The Morgan fingerprint density at radius 2 is 1.56 bits per heavy atom. The Bertz CT molecular complexity index is 565. The number of nitrogens with one attached hydrogen (secondary N) is 1. The highest BCUT2D eigenvalue weighted by molar-refractivity contribution is 7.89. The minimum Gasteiger partial charge on any atom is -0.398 e. The third-order valence-electron chi connectivity index (χ3n) is 3.24. The monoisotopic (exact) mass is 271 g/mol. The summed E-state index contributed by atoms with van der Waals surface area (Å²) in [5.41, 5.74) is 15.1. The largest absolute Gasteiger partial charge is 0.398 e. The Morgan fingerprint density at radius 1 is 1.06 bits per heavy atom. The van der Waals surface area contributed by atoms with Crippen LogP contribution in [0.5, 0.6) is 0 Å². The SMILES string of the molecule is CCc1c(N)c(C)c(S(=O)(=O)NC)c(CC)c1N. The number of anilines is 2. The van der Waals surface area contributed by atoms with Gasteiger partial charge in [-0.3, -0.25) is 0 Å². The van der Waals surface area contributed by atoms with Crippen molar-refractivity contribution in [3.8, 4) is 0 Å². The summed E-state index contributed by atoms with van der Waals surface area (Å²) >= 11 is 0. The molecule has 0 bridgehead atoms. The van der Waals surface area contributed by atoms with Crippen LogP contribution in [0.1, 0.15) is 30.5 Å². The summed E-state index contributed by atoms with van der Waals surface area (Å²) in [6.45, 7) is 5.56. The maximum absolute atomic E-state index is 12.1. The lowest BCUT2D eigenvalue weighted by Crippen LogP contribution is -2.23. The Hall–Kier alpha value is -1.27. The average Bonchev–Trinajstić information content (AvgIpc) is 2.33. The quantitative estimate of drug-likeness (QED) is 0.716. The van der Waals surface area contributed by atoms with Crippen molar-refractivity contribution in [3.05, 3.63) is 16.7 Å². The van der Waals surface area contributed by atoms with E-state index in [1.54, 1.807) is 6.92 Å². The number of nitrogens with two attached hydrogens (primary N) is 2. The lowest BCUT2D eigenvalue weighted by Gasteiger charge is -2.20. The van der Waals surface area contributed by atoms with E-state index in [1.165, 1.54) is 7.05 Å². The molecule has 0 spiro atoms. The lowest BCUT2D eigenvalue weighted by molar-refractivity contribution is 0.586. The molecule has 0 saturated carbocycles. The molecule has 0 aliphatic carbocycles. The zero-order valence-corrected chi connectivity index (χ0v) is 12.1. The van der Waals surface area contributed by atoms with Crippen molar-refractivity contribution >= 4 is 21.4 Å². The summed E-state index contributed by atoms with van der Waals surface area (Å²) in [7, 11) is -2.17. The van der Waals surface area contributed by atoms with Crippen molar-refractivity contribution in [2.75, 3.05) is 18.5 Å². The molecule has 0 unspecified atom stereocenters. The van der Waals surface area contributed by atoms with Crippen molar-refractivity contribution in [1.82, 2.24) is 4.72 Å². The molecule has 5 N–H and O–H groups in total. The molecular formula is C12H21N3O2S. The van der Waals surface area contributed by atoms with Crippen molar-refractivity contribution < 1.29 is 8.42 Å². The second-order valence-corrected chi connectivity index (χ2v) is 5.98. The molecule has 1 rings (SSSR count). The number of rotatable bonds is 4. The molecule has 1 aromatic rings. The van der Waals surface area contributed by atoms with Crippen LogP contribution in [-0.2, 0) is 22.9 Å². The fourth-order valence-corrected chi connectivity index (χ4v) is 3.52. The van der Waals surface area contributed by atoms with Gasteiger partial charge in [0.15, 0.2) is 0 Å². The molecule has 0 aromatic heterocycles. The summed E-state index contributed by atoms with van der Waals surface area (Å²) in [6.07, 6.45) is 1.24. The van der Waals surface area contributed by atoms with Gasteiger partial charge in [0, 0.05) is 11.4 Å². The van der Waals surface area contributed by atoms with Crippen molar-refractivity contribution in [2.45, 2.75) is 38.5 Å². The molecule has 0 aliphatic heterocycles. The number of sulfonamides is 1. The van der Waals surface area contributed by atoms with Crippen LogP contribution in [0.15, 0.2) is 4.90 Å². The standard InChI is InChI=1S/C12H21N3O2S/c1-5-8-10(13)7(3)12(18(16,17)15-4)9(6-2)11(8)14/h15H,5-6,13-14H2,1-4H3. The Labute approximate surface area is 109 Å². The first-order valence-electron chi connectivity index (χ1n) is 5.94. The molecule has 5 nitrogen and oxygen atoms in total. The Morgan fingerprint density at radius 3 is 1.94 bits per heavy atom. The van der Waals surface area contributed by atoms with Crippen LogP contribution in [0, 0.1) is 6.92 Å². The highest BCUT2D eigenvalue weighted by Crippen LogP contribution is 2.35. The van der Waals surface area contributed by atoms with E-state index >= 15 is 0 Å². The number of hydrogen-bond acceptors (Lipinski definition) is 4. The Kier molecular flexibility index (Phi) is 4.24. The van der Waals surface area contributed by atoms with Crippen LogP contribution in [0.25, 0.3) is 0 Å². The highest BCUT2D eigenvalue weighted by atomic mass is 32.2. The number of benzene rings is 1. The van der Waals surface area contributed by atoms with Gasteiger partial charge in [-0.2, -0.15) is 0 Å². The van der Waals surface area contributed by atoms with E-state index in [0.717, 1.165) is 5.56 Å². The fraction of sp³-hybridized carbons (Fsp3) is 0.500. The van der Waals surface area contributed by atoms with Gasteiger partial charge in [-0.1, -0.05) is 13.8 Å². The predicted octanol–water partition coefficient (Wildman–Crippen LogP) is 1.19. The lowest BCUT2D eigenvalue weighted by atomic mass is 9.97. The third-order valence-corrected chi connectivity index (χ3v) is 4.87. The second-order valence-electron chi connectivity index (χ2n) is 4.15. The maximum Gasteiger partial charge on any atom is 0.241 e. The first-order valence-corrected chi connectivity index (χ1v) is 7.42. The molecule has 0 aliphatic rings. The van der Waals surface area contributed by atoms with Crippen LogP contribution in [0.4, 0.5) is 11.4 Å². The van der Waals surface area contributed by atoms with Crippen LogP contribution in [0.3, 0.4) is 0 Å². The first-order chi connectivity index (χ1) is 8.31. The molecule has 0 heterocycles. The average molecular weight is 271 g/mol. The van der Waals surface area contributed by atoms with Crippen molar-refractivity contribution in [2.24, 2.45) is 0 Å². The zero-order chi connectivity index (χ0) is 14.1. The molecule has 0 radical (unpaired) electrons. The molecule has 0 atom stereocenters. The van der Waals surface area contributed by atoms with Crippen molar-refractivity contribution in [1.29, 1.82) is 0 Å². The highest BCUT2D eigenvalue weighted by Gasteiger charge is 2.24. The van der Waals surface area contributed by atoms with Gasteiger partial charge in [-0.25, -0.2) is 13.1 Å². The van der Waals surface area contributed by atoms with Crippen LogP contribution >= 0.6 is 0 Å². The van der Waals surface area contributed by atoms with Gasteiger partial charge >= 0.3 is 0 Å². The van der Waals surface area contributed by atoms with Gasteiger partial charge in [0.25, 0.3) is 0 Å². The van der Waals surface area contributed by atoms with Gasteiger partial charge in [0.05, 0.1) is 4.90 Å². The summed E-state index contributed by atoms with van der Waals surface area (Å²) in [4.78, 5) is 0.222. The summed E-state index contributed by atoms with van der Waals surface area (Å²) in [5, 5.41) is 0. The maximum atomic E-state index is 12.1. The van der Waals surface area contributed by atoms with E-state index in [1.807, 2.05) is 13.8 Å². The van der Waals surface area contributed by atoms with E-state index in [2.05, 4.69) is 4.72 Å².